The lowest BCUT2D eigenvalue weighted by molar-refractivity contribution is -0.138. The van der Waals surface area contributed by atoms with E-state index in [2.05, 4.69) is 10.1 Å². The first-order valence-electron chi connectivity index (χ1n) is 8.66. The van der Waals surface area contributed by atoms with Crippen molar-refractivity contribution in [1.82, 2.24) is 15.0 Å². The van der Waals surface area contributed by atoms with Gasteiger partial charge in [-0.05, 0) is 32.0 Å². The molecule has 0 aliphatic rings. The van der Waals surface area contributed by atoms with E-state index in [1.165, 1.54) is 0 Å². The van der Waals surface area contributed by atoms with Crippen molar-refractivity contribution in [3.63, 3.8) is 0 Å². The number of amides is 1. The number of halogens is 1. The fourth-order valence-corrected chi connectivity index (χ4v) is 2.76. The Kier molecular flexibility index (Phi) is 6.08. The highest BCUT2D eigenvalue weighted by Crippen LogP contribution is 2.20. The lowest BCUT2D eigenvalue weighted by atomic mass is 10.2. The van der Waals surface area contributed by atoms with Crippen molar-refractivity contribution in [3.8, 4) is 17.1 Å². The van der Waals surface area contributed by atoms with E-state index in [1.54, 1.807) is 36.1 Å². The third-order valence-electron chi connectivity index (χ3n) is 3.98. The van der Waals surface area contributed by atoms with Gasteiger partial charge in [-0.15, -0.1) is 0 Å². The van der Waals surface area contributed by atoms with Gasteiger partial charge >= 0.3 is 0 Å². The fourth-order valence-electron chi connectivity index (χ4n) is 2.58. The average Bonchev–Trinajstić information content (AvgIpc) is 3.15. The van der Waals surface area contributed by atoms with Crippen LogP contribution in [0.5, 0.6) is 5.75 Å². The Hall–Kier alpha value is -2.86. The largest absolute Gasteiger partial charge is 0.481 e. The quantitative estimate of drug-likeness (QED) is 0.609. The van der Waals surface area contributed by atoms with Crippen LogP contribution < -0.4 is 4.74 Å². The van der Waals surface area contributed by atoms with Crippen LogP contribution in [0.25, 0.3) is 11.4 Å². The molecule has 1 atom stereocenters. The van der Waals surface area contributed by atoms with Crippen molar-refractivity contribution >= 4 is 17.5 Å². The van der Waals surface area contributed by atoms with Crippen molar-refractivity contribution in [3.05, 3.63) is 65.5 Å². The molecule has 7 heteroatoms. The lowest BCUT2D eigenvalue weighted by Gasteiger charge is -2.23. The molecule has 0 aliphatic heterocycles. The minimum Gasteiger partial charge on any atom is -0.481 e. The van der Waals surface area contributed by atoms with Gasteiger partial charge in [-0.25, -0.2) is 0 Å². The number of nitrogens with zero attached hydrogens (tertiary/aromatic N) is 3. The maximum atomic E-state index is 12.7. The van der Waals surface area contributed by atoms with Crippen molar-refractivity contribution in [2.45, 2.75) is 26.5 Å². The van der Waals surface area contributed by atoms with Gasteiger partial charge in [0, 0.05) is 17.1 Å². The van der Waals surface area contributed by atoms with Crippen molar-refractivity contribution in [2.24, 2.45) is 0 Å². The molecule has 0 bridgehead atoms. The van der Waals surface area contributed by atoms with Gasteiger partial charge in [-0.3, -0.25) is 4.79 Å². The summed E-state index contributed by atoms with van der Waals surface area (Å²) in [5.74, 6) is 1.25. The predicted molar refractivity (Wildman–Crippen MR) is 102 cm³/mol. The van der Waals surface area contributed by atoms with Gasteiger partial charge in [0.25, 0.3) is 5.91 Å². The summed E-state index contributed by atoms with van der Waals surface area (Å²) in [6.07, 6.45) is -0.667. The van der Waals surface area contributed by atoms with E-state index in [9.17, 15) is 4.79 Å². The Morgan fingerprint density at radius 2 is 2.00 bits per heavy atom. The molecule has 0 N–H and O–H groups in total. The number of benzene rings is 2. The number of carbonyl (C=O) groups excluding carboxylic acids is 1. The summed E-state index contributed by atoms with van der Waals surface area (Å²) in [6, 6.07) is 16.5. The SMILES string of the molecule is CCN(Cc1nc(-c2ccccc2)no1)C(=O)[C@@H](C)Oc1cccc(Cl)c1. The number of hydrogen-bond acceptors (Lipinski definition) is 5. The second kappa shape index (κ2) is 8.68. The van der Waals surface area contributed by atoms with E-state index in [0.29, 0.717) is 29.0 Å². The molecule has 3 aromatic rings. The smallest absolute Gasteiger partial charge is 0.263 e. The Bertz CT molecular complexity index is 898. The van der Waals surface area contributed by atoms with E-state index in [-0.39, 0.29) is 12.5 Å². The van der Waals surface area contributed by atoms with Crippen LogP contribution in [0.2, 0.25) is 5.02 Å². The third kappa shape index (κ3) is 4.86. The zero-order valence-corrected chi connectivity index (χ0v) is 15.9. The van der Waals surface area contributed by atoms with Crippen LogP contribution in [0, 0.1) is 0 Å². The Labute approximate surface area is 162 Å². The molecule has 0 spiro atoms. The lowest BCUT2D eigenvalue weighted by Crippen LogP contribution is -2.40. The zero-order chi connectivity index (χ0) is 19.2. The Morgan fingerprint density at radius 3 is 2.70 bits per heavy atom. The standard InChI is InChI=1S/C20H20ClN3O3/c1-3-24(20(25)14(2)26-17-11-7-10-16(21)12-17)13-18-22-19(23-27-18)15-8-5-4-6-9-15/h4-12,14H,3,13H2,1-2H3/t14-/m1/s1. The summed E-state index contributed by atoms with van der Waals surface area (Å²) < 4.78 is 11.0. The normalized spacial score (nSPS) is 11.8. The topological polar surface area (TPSA) is 68.5 Å². The average molecular weight is 386 g/mol. The van der Waals surface area contributed by atoms with Crippen molar-refractivity contribution < 1.29 is 14.1 Å². The van der Waals surface area contributed by atoms with Crippen LogP contribution in [0.15, 0.2) is 59.1 Å². The summed E-state index contributed by atoms with van der Waals surface area (Å²) in [5.41, 5.74) is 0.861. The van der Waals surface area contributed by atoms with Gasteiger partial charge in [0.2, 0.25) is 11.7 Å². The molecule has 2 aromatic carbocycles. The van der Waals surface area contributed by atoms with E-state index in [0.717, 1.165) is 5.56 Å². The van der Waals surface area contributed by atoms with Gasteiger partial charge in [0.05, 0.1) is 0 Å². The van der Waals surface area contributed by atoms with Crippen molar-refractivity contribution in [1.29, 1.82) is 0 Å². The summed E-state index contributed by atoms with van der Waals surface area (Å²) >= 11 is 5.95. The number of rotatable bonds is 7. The molecule has 27 heavy (non-hydrogen) atoms. The predicted octanol–water partition coefficient (Wildman–Crippen LogP) is 4.21. The molecular formula is C20H20ClN3O3. The number of ether oxygens (including phenoxy) is 1. The maximum absolute atomic E-state index is 12.7. The van der Waals surface area contributed by atoms with E-state index < -0.39 is 6.10 Å². The highest BCUT2D eigenvalue weighted by atomic mass is 35.5. The molecular weight excluding hydrogens is 366 g/mol. The maximum Gasteiger partial charge on any atom is 0.263 e. The molecule has 1 amide bonds. The van der Waals surface area contributed by atoms with Gasteiger partial charge in [0.1, 0.15) is 12.3 Å². The highest BCUT2D eigenvalue weighted by molar-refractivity contribution is 6.30. The van der Waals surface area contributed by atoms with Crippen LogP contribution in [-0.2, 0) is 11.3 Å². The highest BCUT2D eigenvalue weighted by Gasteiger charge is 2.23. The molecule has 6 nitrogen and oxygen atoms in total. The molecule has 0 saturated heterocycles. The molecule has 1 aromatic heterocycles. The minimum atomic E-state index is -0.667. The van der Waals surface area contributed by atoms with Crippen LogP contribution in [-0.4, -0.2) is 33.6 Å². The van der Waals surface area contributed by atoms with Crippen LogP contribution >= 0.6 is 11.6 Å². The van der Waals surface area contributed by atoms with E-state index in [4.69, 9.17) is 20.9 Å². The first kappa shape index (κ1) is 18.9. The minimum absolute atomic E-state index is 0.170. The second-order valence-corrected chi connectivity index (χ2v) is 6.38. The molecule has 0 unspecified atom stereocenters. The van der Waals surface area contributed by atoms with E-state index in [1.807, 2.05) is 37.3 Å². The first-order chi connectivity index (χ1) is 13.1. The molecule has 0 aliphatic carbocycles. The number of carbonyl (C=O) groups is 1. The van der Waals surface area contributed by atoms with Gasteiger partial charge in [-0.1, -0.05) is 53.2 Å². The van der Waals surface area contributed by atoms with E-state index >= 15 is 0 Å². The monoisotopic (exact) mass is 385 g/mol. The Balaban J connectivity index is 1.66. The zero-order valence-electron chi connectivity index (χ0n) is 15.1. The summed E-state index contributed by atoms with van der Waals surface area (Å²) in [4.78, 5) is 18.7. The van der Waals surface area contributed by atoms with Crippen LogP contribution in [0.3, 0.4) is 0 Å². The van der Waals surface area contributed by atoms with Gasteiger partial charge < -0.3 is 14.2 Å². The summed E-state index contributed by atoms with van der Waals surface area (Å²) in [5, 5.41) is 4.54. The summed E-state index contributed by atoms with van der Waals surface area (Å²) in [6.45, 7) is 4.30. The third-order valence-corrected chi connectivity index (χ3v) is 4.21. The molecule has 0 radical (unpaired) electrons. The van der Waals surface area contributed by atoms with Crippen molar-refractivity contribution in [2.75, 3.05) is 6.54 Å². The van der Waals surface area contributed by atoms with Gasteiger partial charge in [0.15, 0.2) is 6.10 Å². The van der Waals surface area contributed by atoms with Crippen LogP contribution in [0.1, 0.15) is 19.7 Å². The molecule has 140 valence electrons. The number of hydrogen-bond donors (Lipinski definition) is 0. The molecule has 0 fully saturated rings. The first-order valence-corrected chi connectivity index (χ1v) is 9.03. The summed E-state index contributed by atoms with van der Waals surface area (Å²) in [7, 11) is 0. The Morgan fingerprint density at radius 1 is 1.22 bits per heavy atom. The number of likely N-dealkylation sites (N-methyl/N-ethyl adjacent to an activating group) is 1. The van der Waals surface area contributed by atoms with Gasteiger partial charge in [-0.2, -0.15) is 4.98 Å². The second-order valence-electron chi connectivity index (χ2n) is 5.95. The van der Waals surface area contributed by atoms with Crippen LogP contribution in [0.4, 0.5) is 0 Å². The molecule has 0 saturated carbocycles. The molecule has 3 rings (SSSR count). The molecule has 1 heterocycles. The number of aromatic nitrogens is 2. The fraction of sp³-hybridized carbons (Fsp3) is 0.250.